The van der Waals surface area contributed by atoms with Crippen LogP contribution in [0.15, 0.2) is 72.6 Å². The average molecular weight is 435 g/mol. The molecule has 2 aromatic carbocycles. The van der Waals surface area contributed by atoms with E-state index in [4.69, 9.17) is 4.74 Å². The number of aromatic nitrogens is 1. The van der Waals surface area contributed by atoms with Crippen LogP contribution >= 0.6 is 0 Å². The Balaban J connectivity index is 1.89. The van der Waals surface area contributed by atoms with Gasteiger partial charge in [0.1, 0.15) is 11.6 Å². The highest BCUT2D eigenvalue weighted by Gasteiger charge is 2.46. The summed E-state index contributed by atoms with van der Waals surface area (Å²) in [5, 5.41) is 21.0. The van der Waals surface area contributed by atoms with E-state index in [1.54, 1.807) is 30.6 Å². The van der Waals surface area contributed by atoms with E-state index in [2.05, 4.69) is 4.98 Å². The topological polar surface area (TPSA) is 101 Å². The molecule has 0 saturated carbocycles. The van der Waals surface area contributed by atoms with E-state index in [9.17, 15) is 24.2 Å². The van der Waals surface area contributed by atoms with E-state index < -0.39 is 29.3 Å². The van der Waals surface area contributed by atoms with Gasteiger partial charge < -0.3 is 19.8 Å². The fourth-order valence-corrected chi connectivity index (χ4v) is 3.74. The summed E-state index contributed by atoms with van der Waals surface area (Å²) < 4.78 is 18.5. The summed E-state index contributed by atoms with van der Waals surface area (Å²) >= 11 is 0. The number of rotatable bonds is 5. The number of ether oxygens (including phenoxy) is 1. The minimum atomic E-state index is -0.949. The van der Waals surface area contributed by atoms with Crippen LogP contribution in [-0.4, -0.2) is 33.9 Å². The van der Waals surface area contributed by atoms with Gasteiger partial charge in [0.25, 0.3) is 11.7 Å². The molecule has 0 aliphatic carbocycles. The van der Waals surface area contributed by atoms with Crippen molar-refractivity contribution in [3.8, 4) is 11.5 Å². The van der Waals surface area contributed by atoms with Crippen LogP contribution in [0.25, 0.3) is 5.76 Å². The second-order valence-corrected chi connectivity index (χ2v) is 7.28. The number of phenols is 1. The van der Waals surface area contributed by atoms with E-state index in [0.717, 1.165) is 17.7 Å². The number of likely N-dealkylation sites (tertiary alicyclic amines) is 1. The SMILES string of the molecule is COc1cc(C2C(=C(O)c3ccc(F)cc3)C(=O)C(=O)N2Cc2ccc[nH+]c2)ccc1O. The summed E-state index contributed by atoms with van der Waals surface area (Å²) in [6.45, 7) is 0.0932. The number of hydrogen-bond acceptors (Lipinski definition) is 5. The first-order valence-electron chi connectivity index (χ1n) is 9.77. The lowest BCUT2D eigenvalue weighted by atomic mass is 9.95. The molecule has 1 aliphatic rings. The van der Waals surface area contributed by atoms with Crippen molar-refractivity contribution in [2.45, 2.75) is 12.6 Å². The van der Waals surface area contributed by atoms with Gasteiger partial charge in [-0.1, -0.05) is 6.07 Å². The lowest BCUT2D eigenvalue weighted by molar-refractivity contribution is -0.378. The number of nitrogens with zero attached hydrogens (tertiary/aromatic N) is 1. The summed E-state index contributed by atoms with van der Waals surface area (Å²) in [6.07, 6.45) is 3.42. The zero-order valence-electron chi connectivity index (χ0n) is 17.1. The number of nitrogens with one attached hydrogen (secondary N) is 1. The number of carbonyl (C=O) groups is 2. The van der Waals surface area contributed by atoms with Crippen LogP contribution in [0.1, 0.15) is 22.7 Å². The number of aromatic amines is 1. The minimum Gasteiger partial charge on any atom is -0.507 e. The van der Waals surface area contributed by atoms with Gasteiger partial charge in [-0.05, 0) is 48.0 Å². The lowest BCUT2D eigenvalue weighted by Crippen LogP contribution is -2.29. The van der Waals surface area contributed by atoms with Crippen molar-refractivity contribution in [1.82, 2.24) is 4.90 Å². The highest BCUT2D eigenvalue weighted by Crippen LogP contribution is 2.42. The number of H-pyrrole nitrogens is 1. The zero-order valence-corrected chi connectivity index (χ0v) is 17.1. The van der Waals surface area contributed by atoms with Crippen molar-refractivity contribution in [3.05, 3.63) is 95.1 Å². The number of carbonyl (C=O) groups excluding carboxylic acids is 2. The lowest BCUT2D eigenvalue weighted by Gasteiger charge is -2.25. The number of hydrogen-bond donors (Lipinski definition) is 2. The molecule has 162 valence electrons. The standard InChI is InChI=1S/C24H19FN2O5/c1-32-19-11-16(6-9-18(19)28)21-20(22(29)15-4-7-17(25)8-5-15)23(30)24(31)27(21)13-14-3-2-10-26-12-14/h2-12,21,28-29H,13H2,1H3/p+1. The Labute approximate surface area is 183 Å². The summed E-state index contributed by atoms with van der Waals surface area (Å²) in [7, 11) is 1.38. The van der Waals surface area contributed by atoms with Crippen molar-refractivity contribution in [3.63, 3.8) is 0 Å². The van der Waals surface area contributed by atoms with Gasteiger partial charge in [-0.15, -0.1) is 0 Å². The van der Waals surface area contributed by atoms with E-state index in [1.807, 2.05) is 0 Å². The molecule has 3 N–H and O–H groups in total. The number of methoxy groups -OCH3 is 1. The molecule has 1 amide bonds. The first kappa shape index (κ1) is 21.0. The van der Waals surface area contributed by atoms with Gasteiger partial charge in [0.15, 0.2) is 23.9 Å². The molecule has 8 heteroatoms. The third kappa shape index (κ3) is 3.78. The van der Waals surface area contributed by atoms with Gasteiger partial charge in [0.2, 0.25) is 0 Å². The molecule has 1 atom stereocenters. The number of Topliss-reactive ketones (excluding diaryl/α,β-unsaturated/α-hetero) is 1. The molecule has 0 bridgehead atoms. The van der Waals surface area contributed by atoms with Crippen molar-refractivity contribution in [1.29, 1.82) is 0 Å². The van der Waals surface area contributed by atoms with Crippen molar-refractivity contribution < 1.29 is 33.9 Å². The summed E-state index contributed by atoms with van der Waals surface area (Å²) in [5.74, 6) is -2.50. The Morgan fingerprint density at radius 1 is 1.16 bits per heavy atom. The van der Waals surface area contributed by atoms with Crippen molar-refractivity contribution in [2.24, 2.45) is 0 Å². The maximum absolute atomic E-state index is 13.4. The minimum absolute atomic E-state index is 0.0932. The summed E-state index contributed by atoms with van der Waals surface area (Å²) in [4.78, 5) is 30.3. The van der Waals surface area contributed by atoms with Crippen LogP contribution in [-0.2, 0) is 16.1 Å². The highest BCUT2D eigenvalue weighted by molar-refractivity contribution is 6.46. The largest absolute Gasteiger partial charge is 0.507 e. The predicted molar refractivity (Wildman–Crippen MR) is 112 cm³/mol. The number of ketones is 1. The molecule has 1 unspecified atom stereocenters. The van der Waals surface area contributed by atoms with Gasteiger partial charge in [-0.25, -0.2) is 9.37 Å². The van der Waals surface area contributed by atoms with Gasteiger partial charge in [-0.2, -0.15) is 0 Å². The van der Waals surface area contributed by atoms with Crippen molar-refractivity contribution in [2.75, 3.05) is 7.11 Å². The van der Waals surface area contributed by atoms with Crippen LogP contribution in [0.3, 0.4) is 0 Å². The van der Waals surface area contributed by atoms with Gasteiger partial charge >= 0.3 is 0 Å². The molecular weight excluding hydrogens is 415 g/mol. The first-order chi connectivity index (χ1) is 15.4. The van der Waals surface area contributed by atoms with Gasteiger partial charge in [0.05, 0.1) is 25.3 Å². The van der Waals surface area contributed by atoms with Crippen LogP contribution in [0, 0.1) is 5.82 Å². The van der Waals surface area contributed by atoms with E-state index in [-0.39, 0.29) is 29.2 Å². The van der Waals surface area contributed by atoms with Crippen LogP contribution < -0.4 is 9.72 Å². The molecule has 0 radical (unpaired) electrons. The molecule has 0 spiro atoms. The number of halogens is 1. The second kappa shape index (κ2) is 8.50. The smallest absolute Gasteiger partial charge is 0.295 e. The molecular formula is C24H20FN2O5+. The normalized spacial score (nSPS) is 17.6. The summed E-state index contributed by atoms with van der Waals surface area (Å²) in [6, 6.07) is 12.0. The van der Waals surface area contributed by atoms with E-state index in [1.165, 1.54) is 36.3 Å². The zero-order chi connectivity index (χ0) is 22.8. The molecule has 2 heterocycles. The molecule has 1 saturated heterocycles. The van der Waals surface area contributed by atoms with Crippen LogP contribution in [0.2, 0.25) is 0 Å². The Morgan fingerprint density at radius 2 is 1.91 bits per heavy atom. The highest BCUT2D eigenvalue weighted by atomic mass is 19.1. The van der Waals surface area contributed by atoms with Gasteiger partial charge in [-0.3, -0.25) is 9.59 Å². The molecule has 4 rings (SSSR count). The Bertz CT molecular complexity index is 1210. The number of amides is 1. The van der Waals surface area contributed by atoms with Crippen LogP contribution in [0.5, 0.6) is 11.5 Å². The third-order valence-corrected chi connectivity index (χ3v) is 5.30. The summed E-state index contributed by atoms with van der Waals surface area (Å²) in [5.41, 5.74) is 1.27. The van der Waals surface area contributed by atoms with Gasteiger partial charge in [0, 0.05) is 17.2 Å². The molecule has 3 aromatic rings. The monoisotopic (exact) mass is 435 g/mol. The predicted octanol–water partition coefficient (Wildman–Crippen LogP) is 2.98. The Kier molecular flexibility index (Phi) is 5.59. The molecule has 7 nitrogen and oxygen atoms in total. The number of phenolic OH excluding ortho intramolecular Hbond substituents is 1. The number of aromatic hydroxyl groups is 1. The molecule has 1 aromatic heterocycles. The maximum atomic E-state index is 13.4. The first-order valence-corrected chi connectivity index (χ1v) is 9.77. The third-order valence-electron chi connectivity index (χ3n) is 5.30. The molecule has 32 heavy (non-hydrogen) atoms. The fraction of sp³-hybridized carbons (Fsp3) is 0.125. The fourth-order valence-electron chi connectivity index (χ4n) is 3.74. The number of benzene rings is 2. The van der Waals surface area contributed by atoms with Crippen LogP contribution in [0.4, 0.5) is 4.39 Å². The Hall–Kier alpha value is -4.20. The maximum Gasteiger partial charge on any atom is 0.295 e. The number of aliphatic hydroxyl groups is 1. The molecule has 1 fully saturated rings. The number of aliphatic hydroxyl groups excluding tert-OH is 1. The van der Waals surface area contributed by atoms with E-state index in [0.29, 0.717) is 5.56 Å². The quantitative estimate of drug-likeness (QED) is 0.365. The van der Waals surface area contributed by atoms with E-state index >= 15 is 0 Å². The second-order valence-electron chi connectivity index (χ2n) is 7.28. The average Bonchev–Trinajstić information content (AvgIpc) is 3.05. The van der Waals surface area contributed by atoms with Crippen molar-refractivity contribution >= 4 is 17.4 Å². The molecule has 1 aliphatic heterocycles. The number of pyridine rings is 1. The Morgan fingerprint density at radius 3 is 2.56 bits per heavy atom.